The summed E-state index contributed by atoms with van der Waals surface area (Å²) < 4.78 is 12.7. The van der Waals surface area contributed by atoms with Gasteiger partial charge in [-0.1, -0.05) is 35.6 Å². The van der Waals surface area contributed by atoms with Gasteiger partial charge >= 0.3 is 0 Å². The van der Waals surface area contributed by atoms with Gasteiger partial charge in [0, 0.05) is 10.6 Å². The van der Waals surface area contributed by atoms with Gasteiger partial charge in [-0.15, -0.1) is 0 Å². The first kappa shape index (κ1) is 15.1. The van der Waals surface area contributed by atoms with Crippen LogP contribution in [0.1, 0.15) is 11.1 Å². The monoisotopic (exact) mass is 301 g/mol. The molecule has 0 radical (unpaired) electrons. The summed E-state index contributed by atoms with van der Waals surface area (Å²) in [5.74, 6) is 5.27. The molecule has 4 heteroatoms. The van der Waals surface area contributed by atoms with E-state index >= 15 is 0 Å². The number of carbonyl (C=O) groups excluding carboxylic acids is 1. The highest BCUT2D eigenvalue weighted by atomic mass is 35.5. The quantitative estimate of drug-likeness (QED) is 0.867. The third-order valence-corrected chi connectivity index (χ3v) is 2.98. The van der Waals surface area contributed by atoms with Gasteiger partial charge in [-0.3, -0.25) is 4.79 Å². The van der Waals surface area contributed by atoms with Crippen LogP contribution in [-0.4, -0.2) is 12.5 Å². The molecule has 0 aliphatic rings. The fraction of sp³-hybridized carbons (Fsp3) is 0.118. The summed E-state index contributed by atoms with van der Waals surface area (Å²) in [4.78, 5) is 11.7. The standard InChI is InChI=1S/C17H13ClFNO/c18-15-7-3-14(4-8-15)12-17(21)20-11-1-2-13-5-9-16(19)10-6-13/h3-10H,11-12H2,(H,20,21). The van der Waals surface area contributed by atoms with E-state index in [2.05, 4.69) is 17.2 Å². The third kappa shape index (κ3) is 5.29. The topological polar surface area (TPSA) is 29.1 Å². The van der Waals surface area contributed by atoms with Gasteiger partial charge in [0.15, 0.2) is 0 Å². The van der Waals surface area contributed by atoms with Crippen LogP contribution >= 0.6 is 11.6 Å². The van der Waals surface area contributed by atoms with E-state index in [1.807, 2.05) is 12.1 Å². The molecule has 0 unspecified atom stereocenters. The Morgan fingerprint density at radius 2 is 1.76 bits per heavy atom. The number of carbonyl (C=O) groups is 1. The van der Waals surface area contributed by atoms with Gasteiger partial charge in [-0.2, -0.15) is 0 Å². The number of hydrogen-bond donors (Lipinski definition) is 1. The SMILES string of the molecule is O=C(Cc1ccc(Cl)cc1)NCC#Cc1ccc(F)cc1. The van der Waals surface area contributed by atoms with Gasteiger partial charge in [0.1, 0.15) is 5.82 Å². The molecule has 106 valence electrons. The van der Waals surface area contributed by atoms with Gasteiger partial charge < -0.3 is 5.32 Å². The Bertz CT molecular complexity index is 669. The lowest BCUT2D eigenvalue weighted by Crippen LogP contribution is -2.25. The van der Waals surface area contributed by atoms with Crippen molar-refractivity contribution < 1.29 is 9.18 Å². The highest BCUT2D eigenvalue weighted by Gasteiger charge is 2.01. The van der Waals surface area contributed by atoms with Gasteiger partial charge in [0.05, 0.1) is 13.0 Å². The Morgan fingerprint density at radius 1 is 1.10 bits per heavy atom. The number of halogens is 2. The van der Waals surface area contributed by atoms with E-state index in [0.29, 0.717) is 10.6 Å². The molecule has 2 nitrogen and oxygen atoms in total. The van der Waals surface area contributed by atoms with Crippen LogP contribution in [0.5, 0.6) is 0 Å². The summed E-state index contributed by atoms with van der Waals surface area (Å²) in [6, 6.07) is 13.0. The first-order valence-corrected chi connectivity index (χ1v) is 6.77. The summed E-state index contributed by atoms with van der Waals surface area (Å²) in [6.45, 7) is 0.254. The summed E-state index contributed by atoms with van der Waals surface area (Å²) in [6.07, 6.45) is 0.287. The van der Waals surface area contributed by atoms with Crippen LogP contribution in [0.3, 0.4) is 0 Å². The van der Waals surface area contributed by atoms with E-state index in [0.717, 1.165) is 5.56 Å². The van der Waals surface area contributed by atoms with Crippen molar-refractivity contribution in [3.63, 3.8) is 0 Å². The minimum atomic E-state index is -0.295. The van der Waals surface area contributed by atoms with E-state index in [1.165, 1.54) is 12.1 Å². The molecular formula is C17H13ClFNO. The van der Waals surface area contributed by atoms with E-state index in [4.69, 9.17) is 11.6 Å². The fourth-order valence-corrected chi connectivity index (χ4v) is 1.80. The zero-order valence-electron chi connectivity index (χ0n) is 11.2. The molecule has 0 aliphatic heterocycles. The number of nitrogens with one attached hydrogen (secondary N) is 1. The second-order valence-electron chi connectivity index (χ2n) is 4.39. The molecule has 0 saturated heterocycles. The second kappa shape index (κ2) is 7.47. The number of rotatable bonds is 3. The van der Waals surface area contributed by atoms with Crippen molar-refractivity contribution in [1.82, 2.24) is 5.32 Å². The molecule has 2 aromatic carbocycles. The van der Waals surface area contributed by atoms with E-state index in [-0.39, 0.29) is 24.7 Å². The molecule has 0 saturated carbocycles. The Hall–Kier alpha value is -2.31. The maximum absolute atomic E-state index is 12.7. The van der Waals surface area contributed by atoms with E-state index in [9.17, 15) is 9.18 Å². The van der Waals surface area contributed by atoms with Crippen molar-refractivity contribution in [3.05, 3.63) is 70.5 Å². The van der Waals surface area contributed by atoms with Gasteiger partial charge in [0.25, 0.3) is 0 Å². The molecule has 0 aromatic heterocycles. The molecular weight excluding hydrogens is 289 g/mol. The average molecular weight is 302 g/mol. The lowest BCUT2D eigenvalue weighted by molar-refractivity contribution is -0.120. The predicted octanol–water partition coefficient (Wildman–Crippen LogP) is 3.19. The largest absolute Gasteiger partial charge is 0.345 e. The normalized spacial score (nSPS) is 9.62. The minimum absolute atomic E-state index is 0.106. The van der Waals surface area contributed by atoms with Crippen molar-refractivity contribution >= 4 is 17.5 Å². The Morgan fingerprint density at radius 3 is 2.43 bits per heavy atom. The van der Waals surface area contributed by atoms with Crippen LogP contribution in [0.15, 0.2) is 48.5 Å². The Balaban J connectivity index is 1.79. The smallest absolute Gasteiger partial charge is 0.225 e. The molecule has 2 aromatic rings. The molecule has 1 N–H and O–H groups in total. The van der Waals surface area contributed by atoms with Crippen molar-refractivity contribution in [2.45, 2.75) is 6.42 Å². The Kier molecular flexibility index (Phi) is 5.36. The van der Waals surface area contributed by atoms with Gasteiger partial charge in [-0.25, -0.2) is 4.39 Å². The van der Waals surface area contributed by atoms with Crippen LogP contribution in [0.2, 0.25) is 5.02 Å². The predicted molar refractivity (Wildman–Crippen MR) is 81.4 cm³/mol. The molecule has 0 bridgehead atoms. The molecule has 0 atom stereocenters. The van der Waals surface area contributed by atoms with Crippen molar-refractivity contribution in [1.29, 1.82) is 0 Å². The molecule has 0 fully saturated rings. The van der Waals surface area contributed by atoms with Crippen LogP contribution in [0, 0.1) is 17.7 Å². The summed E-state index contributed by atoms with van der Waals surface area (Å²) in [5.41, 5.74) is 1.60. The van der Waals surface area contributed by atoms with Crippen LogP contribution < -0.4 is 5.32 Å². The van der Waals surface area contributed by atoms with Crippen molar-refractivity contribution in [3.8, 4) is 11.8 Å². The third-order valence-electron chi connectivity index (χ3n) is 2.73. The lowest BCUT2D eigenvalue weighted by Gasteiger charge is -2.01. The summed E-state index contributed by atoms with van der Waals surface area (Å²) >= 11 is 5.78. The summed E-state index contributed by atoms with van der Waals surface area (Å²) in [5, 5.41) is 3.35. The summed E-state index contributed by atoms with van der Waals surface area (Å²) in [7, 11) is 0. The fourth-order valence-electron chi connectivity index (χ4n) is 1.67. The van der Waals surface area contributed by atoms with Gasteiger partial charge in [0.2, 0.25) is 5.91 Å². The van der Waals surface area contributed by atoms with Crippen LogP contribution in [-0.2, 0) is 11.2 Å². The zero-order valence-corrected chi connectivity index (χ0v) is 12.0. The highest BCUT2D eigenvalue weighted by molar-refractivity contribution is 6.30. The molecule has 21 heavy (non-hydrogen) atoms. The minimum Gasteiger partial charge on any atom is -0.345 e. The van der Waals surface area contributed by atoms with Crippen LogP contribution in [0.25, 0.3) is 0 Å². The molecule has 0 aliphatic carbocycles. The molecule has 0 heterocycles. The van der Waals surface area contributed by atoms with Gasteiger partial charge in [-0.05, 0) is 42.0 Å². The molecule has 0 spiro atoms. The molecule has 2 rings (SSSR count). The highest BCUT2D eigenvalue weighted by Crippen LogP contribution is 2.09. The van der Waals surface area contributed by atoms with E-state index in [1.54, 1.807) is 24.3 Å². The van der Waals surface area contributed by atoms with Crippen LogP contribution in [0.4, 0.5) is 4.39 Å². The maximum Gasteiger partial charge on any atom is 0.225 e. The number of amides is 1. The number of hydrogen-bond acceptors (Lipinski definition) is 1. The zero-order chi connectivity index (χ0) is 15.1. The first-order chi connectivity index (χ1) is 10.1. The van der Waals surface area contributed by atoms with E-state index < -0.39 is 0 Å². The second-order valence-corrected chi connectivity index (χ2v) is 4.83. The number of benzene rings is 2. The lowest BCUT2D eigenvalue weighted by atomic mass is 10.1. The van der Waals surface area contributed by atoms with Crippen molar-refractivity contribution in [2.24, 2.45) is 0 Å². The maximum atomic E-state index is 12.7. The average Bonchev–Trinajstić information content (AvgIpc) is 2.48. The van der Waals surface area contributed by atoms with Crippen molar-refractivity contribution in [2.75, 3.05) is 6.54 Å². The molecule has 1 amide bonds. The Labute approximate surface area is 127 Å². The first-order valence-electron chi connectivity index (χ1n) is 6.39.